The predicted octanol–water partition coefficient (Wildman–Crippen LogP) is -1.06. The van der Waals surface area contributed by atoms with Crippen LogP contribution in [0.25, 0.3) is 16.5 Å². The van der Waals surface area contributed by atoms with Crippen molar-refractivity contribution in [3.05, 3.63) is 53.6 Å². The van der Waals surface area contributed by atoms with Crippen molar-refractivity contribution in [1.82, 2.24) is 4.90 Å². The molecule has 1 saturated heterocycles. The number of halogens is 1. The molecule has 2 aromatic rings. The number of nitrogens with zero attached hydrogens (tertiary/aromatic N) is 1. The van der Waals surface area contributed by atoms with Gasteiger partial charge in [0.15, 0.2) is 0 Å². The number of fused-ring (bicyclic) bond motifs is 3. The zero-order valence-corrected chi connectivity index (χ0v) is 16.1. The lowest BCUT2D eigenvalue weighted by atomic mass is 9.83. The molecule has 5 heteroatoms. The summed E-state index contributed by atoms with van der Waals surface area (Å²) in [6.07, 6.45) is 2.81. The van der Waals surface area contributed by atoms with Crippen molar-refractivity contribution < 1.29 is 27.3 Å². The summed E-state index contributed by atoms with van der Waals surface area (Å²) in [5.41, 5.74) is 3.63. The van der Waals surface area contributed by atoms with Crippen molar-refractivity contribution in [2.75, 3.05) is 26.3 Å². The highest BCUT2D eigenvalue weighted by molar-refractivity contribution is 5.96. The molecule has 2 aliphatic heterocycles. The molecule has 0 spiro atoms. The highest BCUT2D eigenvalue weighted by Gasteiger charge is 2.34. The number of amides is 1. The minimum absolute atomic E-state index is 0. The molecule has 2 aliphatic rings. The van der Waals surface area contributed by atoms with Crippen molar-refractivity contribution in [3.63, 3.8) is 0 Å². The summed E-state index contributed by atoms with van der Waals surface area (Å²) in [6, 6.07) is 12.8. The molecule has 2 heterocycles. The van der Waals surface area contributed by atoms with Gasteiger partial charge in [0.2, 0.25) is 0 Å². The maximum atomic E-state index is 12.7. The van der Waals surface area contributed by atoms with Gasteiger partial charge in [-0.15, -0.1) is 0 Å². The van der Waals surface area contributed by atoms with Crippen LogP contribution >= 0.6 is 0 Å². The van der Waals surface area contributed by atoms with E-state index in [4.69, 9.17) is 4.74 Å². The van der Waals surface area contributed by atoms with E-state index in [0.717, 1.165) is 12.1 Å². The smallest absolute Gasteiger partial charge is 0.252 e. The molecule has 26 heavy (non-hydrogen) atoms. The van der Waals surface area contributed by atoms with Gasteiger partial charge in [-0.25, -0.2) is 0 Å². The standard InChI is InChI=1S/C21H24N2O2.ClH/c1-21(2)14-18-16-6-4-3-5-15(16)7-8-17(18)19(22-21)13-20(24)23-9-11-25-12-10-23;/h3-8,13,22H,9-12,14H2,1-2H3;1H. The molecule has 0 aliphatic carbocycles. The second-order valence-corrected chi connectivity index (χ2v) is 7.66. The zero-order valence-electron chi connectivity index (χ0n) is 15.3. The molecule has 0 unspecified atom stereocenters. The van der Waals surface area contributed by atoms with Gasteiger partial charge in [-0.2, -0.15) is 0 Å². The SMILES string of the molecule is CC1(C)Cc2c(ccc3ccccc23)C(=CC(=O)N2CCOCC2)[NH2+]1.[Cl-]. The summed E-state index contributed by atoms with van der Waals surface area (Å²) in [5.74, 6) is 0.0892. The van der Waals surface area contributed by atoms with Gasteiger partial charge in [0.25, 0.3) is 5.91 Å². The average molecular weight is 373 g/mol. The number of benzene rings is 2. The van der Waals surface area contributed by atoms with Gasteiger partial charge in [0.1, 0.15) is 5.70 Å². The molecule has 2 aromatic carbocycles. The van der Waals surface area contributed by atoms with Crippen LogP contribution in [-0.2, 0) is 16.0 Å². The number of carbonyl (C=O) groups is 1. The summed E-state index contributed by atoms with van der Waals surface area (Å²) < 4.78 is 5.35. The summed E-state index contributed by atoms with van der Waals surface area (Å²) in [6.45, 7) is 7.10. The quantitative estimate of drug-likeness (QED) is 0.649. The normalized spacial score (nSPS) is 20.5. The third-order valence-corrected chi connectivity index (χ3v) is 5.13. The fourth-order valence-electron chi connectivity index (χ4n) is 3.93. The van der Waals surface area contributed by atoms with E-state index in [1.165, 1.54) is 21.9 Å². The third kappa shape index (κ3) is 3.63. The summed E-state index contributed by atoms with van der Waals surface area (Å²) >= 11 is 0. The van der Waals surface area contributed by atoms with Crippen LogP contribution in [0.5, 0.6) is 0 Å². The molecule has 1 amide bonds. The van der Waals surface area contributed by atoms with E-state index < -0.39 is 0 Å². The van der Waals surface area contributed by atoms with Crippen LogP contribution in [0, 0.1) is 0 Å². The van der Waals surface area contributed by atoms with Gasteiger partial charge >= 0.3 is 0 Å². The first-order valence-electron chi connectivity index (χ1n) is 8.99. The maximum absolute atomic E-state index is 12.7. The average Bonchev–Trinajstić information content (AvgIpc) is 2.61. The molecule has 2 N–H and O–H groups in total. The number of ether oxygens (including phenoxy) is 1. The second kappa shape index (κ2) is 7.39. The van der Waals surface area contributed by atoms with Crippen molar-refractivity contribution in [2.24, 2.45) is 0 Å². The van der Waals surface area contributed by atoms with E-state index in [2.05, 4.69) is 55.6 Å². The van der Waals surface area contributed by atoms with Crippen LogP contribution in [0.3, 0.4) is 0 Å². The lowest BCUT2D eigenvalue weighted by molar-refractivity contribution is -0.641. The van der Waals surface area contributed by atoms with E-state index in [9.17, 15) is 4.79 Å². The van der Waals surface area contributed by atoms with Crippen molar-refractivity contribution in [3.8, 4) is 0 Å². The number of quaternary nitrogens is 1. The van der Waals surface area contributed by atoms with Gasteiger partial charge < -0.3 is 27.4 Å². The van der Waals surface area contributed by atoms with Crippen LogP contribution in [0.15, 0.2) is 42.5 Å². The maximum Gasteiger partial charge on any atom is 0.252 e. The van der Waals surface area contributed by atoms with Gasteiger partial charge in [-0.3, -0.25) is 4.79 Å². The Bertz CT molecular complexity index is 854. The van der Waals surface area contributed by atoms with Crippen molar-refractivity contribution >= 4 is 22.4 Å². The highest BCUT2D eigenvalue weighted by atomic mass is 35.5. The molecule has 138 valence electrons. The number of nitrogens with two attached hydrogens (primary N) is 1. The zero-order chi connectivity index (χ0) is 17.4. The molecule has 0 bridgehead atoms. The van der Waals surface area contributed by atoms with Crippen LogP contribution in [0.1, 0.15) is 25.0 Å². The summed E-state index contributed by atoms with van der Waals surface area (Å²) in [5, 5.41) is 4.81. The van der Waals surface area contributed by atoms with Crippen molar-refractivity contribution in [1.29, 1.82) is 0 Å². The first-order valence-corrected chi connectivity index (χ1v) is 8.99. The first-order chi connectivity index (χ1) is 12.0. The lowest BCUT2D eigenvalue weighted by Crippen LogP contribution is -3.00. The third-order valence-electron chi connectivity index (χ3n) is 5.13. The molecule has 0 aromatic heterocycles. The Morgan fingerprint density at radius 2 is 1.88 bits per heavy atom. The lowest BCUT2D eigenvalue weighted by Gasteiger charge is -2.32. The minimum Gasteiger partial charge on any atom is -1.00 e. The Balaban J connectivity index is 0.00000196. The Morgan fingerprint density at radius 3 is 2.65 bits per heavy atom. The van der Waals surface area contributed by atoms with Gasteiger partial charge in [0, 0.05) is 25.1 Å². The Morgan fingerprint density at radius 1 is 1.15 bits per heavy atom. The molecule has 0 saturated carbocycles. The molecule has 0 atom stereocenters. The number of carbonyl (C=O) groups excluding carboxylic acids is 1. The van der Waals surface area contributed by atoms with Gasteiger partial charge in [-0.1, -0.05) is 30.3 Å². The largest absolute Gasteiger partial charge is 1.00 e. The number of rotatable bonds is 1. The van der Waals surface area contributed by atoms with Gasteiger partial charge in [-0.05, 0) is 36.2 Å². The Kier molecular flexibility index (Phi) is 5.37. The van der Waals surface area contributed by atoms with Gasteiger partial charge in [0.05, 0.1) is 24.8 Å². The summed E-state index contributed by atoms with van der Waals surface area (Å²) in [4.78, 5) is 14.6. The number of hydrogen-bond donors (Lipinski definition) is 1. The number of morpholine rings is 1. The predicted molar refractivity (Wildman–Crippen MR) is 99.0 cm³/mol. The van der Waals surface area contributed by atoms with Crippen LogP contribution in [0.4, 0.5) is 0 Å². The van der Waals surface area contributed by atoms with E-state index in [1.807, 2.05) is 11.0 Å². The van der Waals surface area contributed by atoms with Crippen LogP contribution in [0.2, 0.25) is 0 Å². The molecule has 4 rings (SSSR count). The van der Waals surface area contributed by atoms with E-state index >= 15 is 0 Å². The van der Waals surface area contributed by atoms with Crippen molar-refractivity contribution in [2.45, 2.75) is 25.8 Å². The first kappa shape index (κ1) is 18.9. The second-order valence-electron chi connectivity index (χ2n) is 7.66. The molecule has 1 fully saturated rings. The van der Waals surface area contributed by atoms with E-state index in [1.54, 1.807) is 0 Å². The van der Waals surface area contributed by atoms with E-state index in [-0.39, 0.29) is 23.9 Å². The Labute approximate surface area is 160 Å². The van der Waals surface area contributed by atoms with E-state index in [0.29, 0.717) is 26.3 Å². The topological polar surface area (TPSA) is 46.2 Å². The van der Waals surface area contributed by atoms with Crippen LogP contribution in [-0.4, -0.2) is 42.6 Å². The molecule has 0 radical (unpaired) electrons. The molecule has 4 nitrogen and oxygen atoms in total. The van der Waals surface area contributed by atoms with Crippen LogP contribution < -0.4 is 17.7 Å². The fourth-order valence-corrected chi connectivity index (χ4v) is 3.93. The molecular weight excluding hydrogens is 348 g/mol. The highest BCUT2D eigenvalue weighted by Crippen LogP contribution is 2.31. The fraction of sp³-hybridized carbons (Fsp3) is 0.381. The summed E-state index contributed by atoms with van der Waals surface area (Å²) in [7, 11) is 0. The molecular formula is C21H25ClN2O2. The number of hydrogen-bond acceptors (Lipinski definition) is 2. The minimum atomic E-state index is 0. The Hall–Kier alpha value is -1.88. The monoisotopic (exact) mass is 372 g/mol.